The van der Waals surface area contributed by atoms with Crippen molar-refractivity contribution in [2.24, 2.45) is 5.92 Å². The first-order valence-electron chi connectivity index (χ1n) is 8.90. The van der Waals surface area contributed by atoms with Crippen LogP contribution in [0, 0.1) is 5.92 Å². The molecule has 0 radical (unpaired) electrons. The summed E-state index contributed by atoms with van der Waals surface area (Å²) in [6.45, 7) is 3.94. The van der Waals surface area contributed by atoms with Gasteiger partial charge >= 0.3 is 17.8 Å². The molecule has 2 aliphatic heterocycles. The number of imide groups is 2. The van der Waals surface area contributed by atoms with E-state index in [9.17, 15) is 24.0 Å². The second-order valence-corrected chi connectivity index (χ2v) is 7.10. The van der Waals surface area contributed by atoms with Crippen LogP contribution in [0.2, 0.25) is 0 Å². The summed E-state index contributed by atoms with van der Waals surface area (Å²) < 4.78 is 0. The predicted octanol–water partition coefficient (Wildman–Crippen LogP) is 1.44. The van der Waals surface area contributed by atoms with Gasteiger partial charge in [-0.15, -0.1) is 0 Å². The third kappa shape index (κ3) is 3.60. The van der Waals surface area contributed by atoms with E-state index < -0.39 is 30.2 Å². The molecule has 1 aromatic carbocycles. The van der Waals surface area contributed by atoms with E-state index in [1.165, 1.54) is 0 Å². The van der Waals surface area contributed by atoms with Gasteiger partial charge in [-0.25, -0.2) is 9.69 Å². The number of ketones is 1. The second kappa shape index (κ2) is 7.30. The molecule has 3 rings (SSSR count). The smallest absolute Gasteiger partial charge is 0.312 e. The molecule has 8 heteroatoms. The molecule has 2 heterocycles. The molecular formula is C19H21N3O5. The molecule has 0 spiro atoms. The summed E-state index contributed by atoms with van der Waals surface area (Å²) in [5.74, 6) is -2.26. The average molecular weight is 371 g/mol. The van der Waals surface area contributed by atoms with Crippen molar-refractivity contribution in [2.45, 2.75) is 26.7 Å². The Bertz CT molecular complexity index is 815. The number of Topliss-reactive ketones (excluding diaryl/α,β-unsaturated/α-hetero) is 1. The Hall–Kier alpha value is -3.03. The molecule has 8 nitrogen and oxygen atoms in total. The van der Waals surface area contributed by atoms with Crippen molar-refractivity contribution < 1.29 is 24.0 Å². The molecule has 5 amide bonds. The third-order valence-electron chi connectivity index (χ3n) is 4.56. The first-order chi connectivity index (χ1) is 12.8. The van der Waals surface area contributed by atoms with Gasteiger partial charge in [0.2, 0.25) is 5.91 Å². The molecule has 1 aromatic rings. The summed E-state index contributed by atoms with van der Waals surface area (Å²) in [7, 11) is 0. The summed E-state index contributed by atoms with van der Waals surface area (Å²) in [6, 6.07) is 5.69. The van der Waals surface area contributed by atoms with Gasteiger partial charge in [-0.3, -0.25) is 24.1 Å². The fourth-order valence-electron chi connectivity index (χ4n) is 3.20. The highest BCUT2D eigenvalue weighted by Crippen LogP contribution is 2.22. The average Bonchev–Trinajstić information content (AvgIpc) is 3.14. The van der Waals surface area contributed by atoms with Crippen LogP contribution in [0.25, 0.3) is 0 Å². The van der Waals surface area contributed by atoms with Crippen LogP contribution in [-0.2, 0) is 14.4 Å². The topological polar surface area (TPSA) is 95.1 Å². The molecule has 0 N–H and O–H groups in total. The Kier molecular flexibility index (Phi) is 5.07. The van der Waals surface area contributed by atoms with Gasteiger partial charge in [0.15, 0.2) is 5.78 Å². The van der Waals surface area contributed by atoms with E-state index >= 15 is 0 Å². The van der Waals surface area contributed by atoms with E-state index in [-0.39, 0.29) is 18.4 Å². The van der Waals surface area contributed by atoms with Crippen molar-refractivity contribution in [3.05, 3.63) is 29.8 Å². The van der Waals surface area contributed by atoms with Gasteiger partial charge in [0.25, 0.3) is 0 Å². The number of anilines is 1. The van der Waals surface area contributed by atoms with E-state index in [2.05, 4.69) is 0 Å². The Labute approximate surface area is 156 Å². The molecule has 27 heavy (non-hydrogen) atoms. The molecule has 0 aliphatic carbocycles. The second-order valence-electron chi connectivity index (χ2n) is 7.10. The largest absolute Gasteiger partial charge is 0.334 e. The van der Waals surface area contributed by atoms with Crippen LogP contribution in [0.4, 0.5) is 10.5 Å². The van der Waals surface area contributed by atoms with Crippen LogP contribution in [0.1, 0.15) is 37.0 Å². The Morgan fingerprint density at radius 2 is 1.63 bits per heavy atom. The van der Waals surface area contributed by atoms with E-state index in [1.807, 2.05) is 13.8 Å². The fraction of sp³-hybridized carbons (Fsp3) is 0.421. The number of carbonyl (C=O) groups excluding carboxylic acids is 5. The standard InChI is InChI=1S/C19H21N3O5/c1-12(2)10-21-17(25)18(26)22(19(21)27)11-15(23)13-5-7-14(8-6-13)20-9-3-4-16(20)24/h5-8,12H,3-4,9-11H2,1-2H3. The maximum atomic E-state index is 12.5. The van der Waals surface area contributed by atoms with Crippen molar-refractivity contribution in [3.63, 3.8) is 0 Å². The zero-order valence-corrected chi connectivity index (χ0v) is 15.3. The summed E-state index contributed by atoms with van der Waals surface area (Å²) in [5.41, 5.74) is 1.02. The zero-order chi connectivity index (χ0) is 19.7. The highest BCUT2D eigenvalue weighted by Gasteiger charge is 2.45. The number of hydrogen-bond donors (Lipinski definition) is 0. The van der Waals surface area contributed by atoms with E-state index in [1.54, 1.807) is 29.2 Å². The first-order valence-corrected chi connectivity index (χ1v) is 8.90. The minimum Gasteiger partial charge on any atom is -0.312 e. The van der Waals surface area contributed by atoms with E-state index in [0.29, 0.717) is 29.1 Å². The van der Waals surface area contributed by atoms with Gasteiger partial charge in [0.1, 0.15) is 0 Å². The number of rotatable bonds is 6. The first kappa shape index (κ1) is 18.8. The van der Waals surface area contributed by atoms with Crippen molar-refractivity contribution in [1.29, 1.82) is 0 Å². The number of amides is 5. The SMILES string of the molecule is CC(C)CN1C(=O)C(=O)N(CC(=O)c2ccc(N3CCCC3=O)cc2)C1=O. The zero-order valence-electron chi connectivity index (χ0n) is 15.3. The van der Waals surface area contributed by atoms with Crippen molar-refractivity contribution >= 4 is 35.2 Å². The summed E-state index contributed by atoms with van der Waals surface area (Å²) in [5, 5.41) is 0. The normalized spacial score (nSPS) is 17.7. The molecule has 0 bridgehead atoms. The van der Waals surface area contributed by atoms with Crippen molar-refractivity contribution in [3.8, 4) is 0 Å². The summed E-state index contributed by atoms with van der Waals surface area (Å²) in [4.78, 5) is 63.8. The van der Waals surface area contributed by atoms with E-state index in [0.717, 1.165) is 11.3 Å². The lowest BCUT2D eigenvalue weighted by Gasteiger charge is -2.17. The number of carbonyl (C=O) groups is 5. The molecule has 2 aliphatic rings. The fourth-order valence-corrected chi connectivity index (χ4v) is 3.20. The number of benzene rings is 1. The highest BCUT2D eigenvalue weighted by atomic mass is 16.2. The summed E-state index contributed by atoms with van der Waals surface area (Å²) in [6.07, 6.45) is 1.32. The predicted molar refractivity (Wildman–Crippen MR) is 96.0 cm³/mol. The van der Waals surface area contributed by atoms with Crippen LogP contribution < -0.4 is 4.90 Å². The van der Waals surface area contributed by atoms with Gasteiger partial charge in [-0.2, -0.15) is 0 Å². The lowest BCUT2D eigenvalue weighted by Crippen LogP contribution is -2.38. The lowest BCUT2D eigenvalue weighted by molar-refractivity contribution is -0.143. The van der Waals surface area contributed by atoms with Crippen molar-refractivity contribution in [2.75, 3.05) is 24.5 Å². The van der Waals surface area contributed by atoms with Crippen LogP contribution >= 0.6 is 0 Å². The van der Waals surface area contributed by atoms with Crippen LogP contribution in [0.3, 0.4) is 0 Å². The maximum absolute atomic E-state index is 12.5. The molecule has 142 valence electrons. The molecular weight excluding hydrogens is 350 g/mol. The quantitative estimate of drug-likeness (QED) is 0.428. The van der Waals surface area contributed by atoms with Crippen molar-refractivity contribution in [1.82, 2.24) is 9.80 Å². The van der Waals surface area contributed by atoms with Crippen LogP contribution in [-0.4, -0.2) is 59.0 Å². The molecule has 2 saturated heterocycles. The number of urea groups is 1. The monoisotopic (exact) mass is 371 g/mol. The van der Waals surface area contributed by atoms with Gasteiger partial charge in [-0.05, 0) is 36.6 Å². The van der Waals surface area contributed by atoms with Crippen LogP contribution in [0.5, 0.6) is 0 Å². The Morgan fingerprint density at radius 3 is 2.19 bits per heavy atom. The number of hydrogen-bond acceptors (Lipinski definition) is 5. The maximum Gasteiger partial charge on any atom is 0.334 e. The minimum atomic E-state index is -0.978. The molecule has 0 unspecified atom stereocenters. The van der Waals surface area contributed by atoms with E-state index in [4.69, 9.17) is 0 Å². The molecule has 0 aromatic heterocycles. The Morgan fingerprint density at radius 1 is 1.00 bits per heavy atom. The molecule has 0 atom stereocenters. The Balaban J connectivity index is 1.70. The minimum absolute atomic E-state index is 0.0159. The molecule has 0 saturated carbocycles. The highest BCUT2D eigenvalue weighted by molar-refractivity contribution is 6.45. The van der Waals surface area contributed by atoms with Gasteiger partial charge in [-0.1, -0.05) is 13.8 Å². The van der Waals surface area contributed by atoms with Gasteiger partial charge in [0.05, 0.1) is 6.54 Å². The lowest BCUT2D eigenvalue weighted by atomic mass is 10.1. The van der Waals surface area contributed by atoms with Gasteiger partial charge in [0, 0.05) is 30.8 Å². The number of nitrogens with zero attached hydrogens (tertiary/aromatic N) is 3. The molecule has 2 fully saturated rings. The van der Waals surface area contributed by atoms with Crippen LogP contribution in [0.15, 0.2) is 24.3 Å². The third-order valence-corrected chi connectivity index (χ3v) is 4.56. The summed E-state index contributed by atoms with van der Waals surface area (Å²) >= 11 is 0. The van der Waals surface area contributed by atoms with Gasteiger partial charge < -0.3 is 4.90 Å².